The van der Waals surface area contributed by atoms with E-state index in [-0.39, 0.29) is 11.4 Å². The fraction of sp³-hybridized carbons (Fsp3) is 0.118. The van der Waals surface area contributed by atoms with Crippen LogP contribution in [0.25, 0.3) is 6.08 Å². The highest BCUT2D eigenvalue weighted by atomic mass is 16.6. The minimum atomic E-state index is -0.528. The summed E-state index contributed by atoms with van der Waals surface area (Å²) in [6, 6.07) is 11.4. The Morgan fingerprint density at radius 3 is 2.68 bits per heavy atom. The number of hydrogen-bond donors (Lipinski definition) is 2. The number of amides is 1. The van der Waals surface area contributed by atoms with E-state index in [1.54, 1.807) is 36.4 Å². The second-order valence-corrected chi connectivity index (χ2v) is 5.12. The van der Waals surface area contributed by atoms with E-state index in [1.807, 2.05) is 0 Å². The summed E-state index contributed by atoms with van der Waals surface area (Å²) < 4.78 is 10.9. The average molecular weight is 341 g/mol. The van der Waals surface area contributed by atoms with E-state index >= 15 is 0 Å². The molecule has 0 spiro atoms. The summed E-state index contributed by atoms with van der Waals surface area (Å²) >= 11 is 0. The number of nitrogens with one attached hydrogen (secondary N) is 2. The Morgan fingerprint density at radius 1 is 1.12 bits per heavy atom. The minimum absolute atomic E-state index is 0.126. The maximum absolute atomic E-state index is 11.9. The number of carbonyl (C=O) groups excluding carboxylic acids is 1. The number of nitro groups is 1. The monoisotopic (exact) mass is 341 g/mol. The molecule has 0 aromatic heterocycles. The van der Waals surface area contributed by atoms with Crippen LogP contribution >= 0.6 is 0 Å². The number of rotatable bonds is 5. The predicted octanol–water partition coefficient (Wildman–Crippen LogP) is 2.52. The molecule has 0 fully saturated rings. The number of anilines is 1. The maximum atomic E-state index is 11.9. The molecule has 0 unspecified atom stereocenters. The third kappa shape index (κ3) is 4.05. The molecule has 1 aliphatic rings. The molecule has 2 aromatic carbocycles. The van der Waals surface area contributed by atoms with Crippen molar-refractivity contribution in [3.05, 3.63) is 64.2 Å². The SMILES string of the molecule is O=C(/C=C/c1ccc2c(c1)OCCO2)NNc1ccccc1[N+](=O)[O-]. The summed E-state index contributed by atoms with van der Waals surface area (Å²) in [6.45, 7) is 1.00. The Morgan fingerprint density at radius 2 is 1.88 bits per heavy atom. The van der Waals surface area contributed by atoms with Gasteiger partial charge in [-0.05, 0) is 29.8 Å². The number of benzene rings is 2. The van der Waals surface area contributed by atoms with Gasteiger partial charge in [0.25, 0.3) is 11.6 Å². The largest absolute Gasteiger partial charge is 0.486 e. The van der Waals surface area contributed by atoms with Gasteiger partial charge in [0.15, 0.2) is 11.5 Å². The van der Waals surface area contributed by atoms with Crippen molar-refractivity contribution >= 4 is 23.4 Å². The third-order valence-electron chi connectivity index (χ3n) is 3.41. The zero-order valence-corrected chi connectivity index (χ0v) is 13.1. The quantitative estimate of drug-likeness (QED) is 0.492. The average Bonchev–Trinajstić information content (AvgIpc) is 2.64. The topological polar surface area (TPSA) is 103 Å². The zero-order valence-electron chi connectivity index (χ0n) is 13.1. The zero-order chi connectivity index (χ0) is 17.6. The molecule has 8 heteroatoms. The lowest BCUT2D eigenvalue weighted by Crippen LogP contribution is -2.27. The molecule has 0 atom stereocenters. The number of para-hydroxylation sites is 2. The fourth-order valence-corrected chi connectivity index (χ4v) is 2.24. The number of nitro benzene ring substituents is 1. The van der Waals surface area contributed by atoms with Crippen LogP contribution in [0.1, 0.15) is 5.56 Å². The minimum Gasteiger partial charge on any atom is -0.486 e. The van der Waals surface area contributed by atoms with Gasteiger partial charge in [0.2, 0.25) is 0 Å². The van der Waals surface area contributed by atoms with Gasteiger partial charge in [-0.3, -0.25) is 25.8 Å². The highest BCUT2D eigenvalue weighted by molar-refractivity contribution is 5.92. The van der Waals surface area contributed by atoms with Crippen LogP contribution in [-0.2, 0) is 4.79 Å². The number of ether oxygens (including phenoxy) is 2. The van der Waals surface area contributed by atoms with Crippen molar-refractivity contribution in [1.82, 2.24) is 5.43 Å². The molecule has 0 saturated carbocycles. The van der Waals surface area contributed by atoms with Crippen LogP contribution in [0.2, 0.25) is 0 Å². The Labute approximate surface area is 143 Å². The van der Waals surface area contributed by atoms with E-state index in [9.17, 15) is 14.9 Å². The van der Waals surface area contributed by atoms with Crippen molar-refractivity contribution in [3.8, 4) is 11.5 Å². The Balaban J connectivity index is 1.61. The first kappa shape index (κ1) is 16.3. The molecule has 0 aliphatic carbocycles. The smallest absolute Gasteiger partial charge is 0.294 e. The summed E-state index contributed by atoms with van der Waals surface area (Å²) in [5.74, 6) is 0.853. The molecule has 1 aliphatic heterocycles. The van der Waals surface area contributed by atoms with Crippen molar-refractivity contribution in [2.75, 3.05) is 18.6 Å². The molecular weight excluding hydrogens is 326 g/mol. The Bertz CT molecular complexity index is 835. The Hall–Kier alpha value is -3.55. The number of fused-ring (bicyclic) bond motifs is 1. The molecule has 2 aromatic rings. The second kappa shape index (κ2) is 7.35. The predicted molar refractivity (Wildman–Crippen MR) is 91.3 cm³/mol. The molecule has 8 nitrogen and oxygen atoms in total. The van der Waals surface area contributed by atoms with Crippen LogP contribution in [0.4, 0.5) is 11.4 Å². The van der Waals surface area contributed by atoms with Gasteiger partial charge >= 0.3 is 0 Å². The van der Waals surface area contributed by atoms with Gasteiger partial charge < -0.3 is 9.47 Å². The normalized spacial score (nSPS) is 12.6. The number of hydrazine groups is 1. The van der Waals surface area contributed by atoms with Crippen molar-refractivity contribution in [1.29, 1.82) is 0 Å². The molecule has 128 valence electrons. The van der Waals surface area contributed by atoms with Crippen molar-refractivity contribution in [2.45, 2.75) is 0 Å². The van der Waals surface area contributed by atoms with Crippen molar-refractivity contribution < 1.29 is 19.2 Å². The molecule has 1 heterocycles. The molecule has 0 radical (unpaired) electrons. The molecule has 0 bridgehead atoms. The maximum Gasteiger partial charge on any atom is 0.294 e. The van der Waals surface area contributed by atoms with E-state index in [0.717, 1.165) is 5.56 Å². The van der Waals surface area contributed by atoms with Crippen LogP contribution in [0.3, 0.4) is 0 Å². The van der Waals surface area contributed by atoms with Gasteiger partial charge in [-0.2, -0.15) is 0 Å². The summed E-state index contributed by atoms with van der Waals surface area (Å²) in [5, 5.41) is 10.9. The van der Waals surface area contributed by atoms with E-state index in [4.69, 9.17) is 9.47 Å². The first-order chi connectivity index (χ1) is 12.1. The number of nitrogens with zero attached hydrogens (tertiary/aromatic N) is 1. The number of hydrogen-bond acceptors (Lipinski definition) is 6. The van der Waals surface area contributed by atoms with Crippen LogP contribution in [-0.4, -0.2) is 24.0 Å². The van der Waals surface area contributed by atoms with E-state index < -0.39 is 10.8 Å². The Kier molecular flexibility index (Phi) is 4.79. The van der Waals surface area contributed by atoms with E-state index in [1.165, 1.54) is 18.2 Å². The van der Waals surface area contributed by atoms with Crippen LogP contribution < -0.4 is 20.3 Å². The second-order valence-electron chi connectivity index (χ2n) is 5.12. The van der Waals surface area contributed by atoms with Gasteiger partial charge in [0.05, 0.1) is 4.92 Å². The highest BCUT2D eigenvalue weighted by Gasteiger charge is 2.12. The van der Waals surface area contributed by atoms with Crippen LogP contribution in [0, 0.1) is 10.1 Å². The molecule has 1 amide bonds. The standard InChI is InChI=1S/C17H15N3O5/c21-17(19-18-13-3-1-2-4-14(13)20(22)23)8-6-12-5-7-15-16(11-12)25-10-9-24-15/h1-8,11,18H,9-10H2,(H,19,21)/b8-6+. The lowest BCUT2D eigenvalue weighted by atomic mass is 10.2. The van der Waals surface area contributed by atoms with Gasteiger partial charge in [0.1, 0.15) is 18.9 Å². The van der Waals surface area contributed by atoms with Crippen molar-refractivity contribution in [3.63, 3.8) is 0 Å². The van der Waals surface area contributed by atoms with E-state index in [0.29, 0.717) is 24.7 Å². The van der Waals surface area contributed by atoms with Crippen LogP contribution in [0.5, 0.6) is 11.5 Å². The molecule has 2 N–H and O–H groups in total. The summed E-state index contributed by atoms with van der Waals surface area (Å²) in [5.41, 5.74) is 5.78. The first-order valence-electron chi connectivity index (χ1n) is 7.50. The van der Waals surface area contributed by atoms with Crippen LogP contribution in [0.15, 0.2) is 48.5 Å². The fourth-order valence-electron chi connectivity index (χ4n) is 2.24. The molecule has 25 heavy (non-hydrogen) atoms. The summed E-state index contributed by atoms with van der Waals surface area (Å²) in [4.78, 5) is 22.3. The summed E-state index contributed by atoms with van der Waals surface area (Å²) in [6.07, 6.45) is 2.92. The highest BCUT2D eigenvalue weighted by Crippen LogP contribution is 2.31. The molecule has 0 saturated heterocycles. The summed E-state index contributed by atoms with van der Waals surface area (Å²) in [7, 11) is 0. The first-order valence-corrected chi connectivity index (χ1v) is 7.50. The van der Waals surface area contributed by atoms with Gasteiger partial charge in [-0.15, -0.1) is 0 Å². The lowest BCUT2D eigenvalue weighted by Gasteiger charge is -2.18. The molecular formula is C17H15N3O5. The van der Waals surface area contributed by atoms with Crippen molar-refractivity contribution in [2.24, 2.45) is 0 Å². The number of carbonyl (C=O) groups is 1. The van der Waals surface area contributed by atoms with Gasteiger partial charge in [-0.25, -0.2) is 0 Å². The third-order valence-corrected chi connectivity index (χ3v) is 3.41. The van der Waals surface area contributed by atoms with E-state index in [2.05, 4.69) is 10.9 Å². The lowest BCUT2D eigenvalue weighted by molar-refractivity contribution is -0.384. The van der Waals surface area contributed by atoms with Gasteiger partial charge in [0, 0.05) is 12.1 Å². The molecule has 3 rings (SSSR count). The van der Waals surface area contributed by atoms with Gasteiger partial charge in [-0.1, -0.05) is 18.2 Å².